The van der Waals surface area contributed by atoms with Crippen molar-refractivity contribution in [2.75, 3.05) is 14.1 Å². The fourth-order valence-corrected chi connectivity index (χ4v) is 2.66. The van der Waals surface area contributed by atoms with Crippen LogP contribution in [-0.4, -0.2) is 40.4 Å². The minimum Gasteiger partial charge on any atom is -0.327 e. The molecule has 1 aromatic rings. The van der Waals surface area contributed by atoms with Crippen molar-refractivity contribution in [2.24, 2.45) is 0 Å². The van der Waals surface area contributed by atoms with E-state index in [1.54, 1.807) is 12.5 Å². The summed E-state index contributed by atoms with van der Waals surface area (Å²) < 4.78 is 1.97. The largest absolute Gasteiger partial charge is 0.327 e. The number of nitrogens with zero attached hydrogens (tertiary/aromatic N) is 3. The smallest absolute Gasteiger partial charge is 0.168 e. The van der Waals surface area contributed by atoms with Crippen molar-refractivity contribution < 1.29 is 4.79 Å². The Balaban J connectivity index is 2.21. The summed E-state index contributed by atoms with van der Waals surface area (Å²) in [6.07, 6.45) is 9.24. The summed E-state index contributed by atoms with van der Waals surface area (Å²) in [5.74, 6) is 0. The predicted molar refractivity (Wildman–Crippen MR) is 62.5 cm³/mol. The summed E-state index contributed by atoms with van der Waals surface area (Å²) in [5, 5.41) is 0. The molecule has 0 spiro atoms. The Morgan fingerprint density at radius 2 is 2.19 bits per heavy atom. The number of rotatable bonds is 4. The van der Waals surface area contributed by atoms with Gasteiger partial charge < -0.3 is 9.47 Å². The first kappa shape index (κ1) is 11.3. The first-order valence-electron chi connectivity index (χ1n) is 5.81. The standard InChI is InChI=1S/C12H19N3O/c1-14(2)12(5-3-4-6-12)9-15-10-13-7-11(15)8-16/h7-8,10H,3-6,9H2,1-2H3. The highest BCUT2D eigenvalue weighted by Gasteiger charge is 2.36. The van der Waals surface area contributed by atoms with Gasteiger partial charge in [0.1, 0.15) is 5.69 Å². The van der Waals surface area contributed by atoms with Crippen LogP contribution < -0.4 is 0 Å². The Morgan fingerprint density at radius 3 is 2.75 bits per heavy atom. The number of aromatic nitrogens is 2. The molecule has 0 bridgehead atoms. The topological polar surface area (TPSA) is 38.1 Å². The summed E-state index contributed by atoms with van der Waals surface area (Å²) in [5.41, 5.74) is 0.881. The van der Waals surface area contributed by atoms with Gasteiger partial charge in [-0.15, -0.1) is 0 Å². The van der Waals surface area contributed by atoms with E-state index in [-0.39, 0.29) is 5.54 Å². The second-order valence-electron chi connectivity index (χ2n) is 4.89. The highest BCUT2D eigenvalue weighted by Crippen LogP contribution is 2.35. The van der Waals surface area contributed by atoms with Gasteiger partial charge in [-0.3, -0.25) is 4.79 Å². The van der Waals surface area contributed by atoms with Gasteiger partial charge in [0.2, 0.25) is 0 Å². The van der Waals surface area contributed by atoms with E-state index in [0.29, 0.717) is 5.69 Å². The monoisotopic (exact) mass is 221 g/mol. The van der Waals surface area contributed by atoms with E-state index in [9.17, 15) is 4.79 Å². The van der Waals surface area contributed by atoms with Crippen LogP contribution in [0.25, 0.3) is 0 Å². The molecule has 1 heterocycles. The van der Waals surface area contributed by atoms with Crippen LogP contribution in [-0.2, 0) is 6.54 Å². The molecule has 16 heavy (non-hydrogen) atoms. The zero-order valence-corrected chi connectivity index (χ0v) is 10.0. The molecule has 0 N–H and O–H groups in total. The molecule has 0 atom stereocenters. The van der Waals surface area contributed by atoms with E-state index in [1.807, 2.05) is 4.57 Å². The summed E-state index contributed by atoms with van der Waals surface area (Å²) in [4.78, 5) is 17.2. The molecule has 1 aromatic heterocycles. The zero-order chi connectivity index (χ0) is 11.6. The molecule has 0 radical (unpaired) electrons. The lowest BCUT2D eigenvalue weighted by atomic mass is 9.96. The third-order valence-corrected chi connectivity index (χ3v) is 3.81. The summed E-state index contributed by atoms with van der Waals surface area (Å²) in [6, 6.07) is 0. The molecule has 0 unspecified atom stereocenters. The van der Waals surface area contributed by atoms with Crippen LogP contribution in [0.3, 0.4) is 0 Å². The molecule has 1 aliphatic carbocycles. The molecule has 0 amide bonds. The molecule has 2 rings (SSSR count). The van der Waals surface area contributed by atoms with Gasteiger partial charge in [0.15, 0.2) is 6.29 Å². The number of aldehydes is 1. The Kier molecular flexibility index (Phi) is 3.10. The van der Waals surface area contributed by atoms with E-state index in [2.05, 4.69) is 24.0 Å². The van der Waals surface area contributed by atoms with Gasteiger partial charge in [-0.05, 0) is 26.9 Å². The van der Waals surface area contributed by atoms with Crippen molar-refractivity contribution in [1.29, 1.82) is 0 Å². The summed E-state index contributed by atoms with van der Waals surface area (Å²) >= 11 is 0. The third-order valence-electron chi connectivity index (χ3n) is 3.81. The van der Waals surface area contributed by atoms with Gasteiger partial charge in [-0.1, -0.05) is 12.8 Å². The molecular formula is C12H19N3O. The van der Waals surface area contributed by atoms with Crippen molar-refractivity contribution in [3.63, 3.8) is 0 Å². The molecule has 0 saturated heterocycles. The molecule has 4 nitrogen and oxygen atoms in total. The summed E-state index contributed by atoms with van der Waals surface area (Å²) in [6.45, 7) is 0.869. The lowest BCUT2D eigenvalue weighted by Gasteiger charge is -2.36. The van der Waals surface area contributed by atoms with Crippen molar-refractivity contribution in [3.8, 4) is 0 Å². The molecule has 0 aromatic carbocycles. The van der Waals surface area contributed by atoms with Gasteiger partial charge in [-0.2, -0.15) is 0 Å². The van der Waals surface area contributed by atoms with E-state index in [4.69, 9.17) is 0 Å². The quantitative estimate of drug-likeness (QED) is 0.724. The lowest BCUT2D eigenvalue weighted by molar-refractivity contribution is 0.109. The van der Waals surface area contributed by atoms with Crippen molar-refractivity contribution in [2.45, 2.75) is 37.8 Å². The fraction of sp³-hybridized carbons (Fsp3) is 0.667. The van der Waals surface area contributed by atoms with Crippen molar-refractivity contribution >= 4 is 6.29 Å². The Bertz CT molecular complexity index is 364. The second kappa shape index (κ2) is 4.37. The molecule has 1 saturated carbocycles. The van der Waals surface area contributed by atoms with Crippen LogP contribution in [0.4, 0.5) is 0 Å². The van der Waals surface area contributed by atoms with Crippen LogP contribution in [0.1, 0.15) is 36.2 Å². The number of imidazole rings is 1. The molecule has 4 heteroatoms. The zero-order valence-electron chi connectivity index (χ0n) is 10.0. The van der Waals surface area contributed by atoms with Gasteiger partial charge in [-0.25, -0.2) is 4.98 Å². The van der Waals surface area contributed by atoms with Gasteiger partial charge in [0.25, 0.3) is 0 Å². The van der Waals surface area contributed by atoms with E-state index < -0.39 is 0 Å². The lowest BCUT2D eigenvalue weighted by Crippen LogP contribution is -2.45. The number of hydrogen-bond acceptors (Lipinski definition) is 3. The minimum atomic E-state index is 0.207. The highest BCUT2D eigenvalue weighted by atomic mass is 16.1. The minimum absolute atomic E-state index is 0.207. The Hall–Kier alpha value is -1.16. The first-order chi connectivity index (χ1) is 7.68. The number of hydrogen-bond donors (Lipinski definition) is 0. The average molecular weight is 221 g/mol. The molecular weight excluding hydrogens is 202 g/mol. The van der Waals surface area contributed by atoms with Crippen LogP contribution in [0.5, 0.6) is 0 Å². The van der Waals surface area contributed by atoms with Crippen LogP contribution in [0, 0.1) is 0 Å². The van der Waals surface area contributed by atoms with Gasteiger partial charge in [0, 0.05) is 12.1 Å². The Morgan fingerprint density at radius 1 is 1.50 bits per heavy atom. The third kappa shape index (κ3) is 1.89. The van der Waals surface area contributed by atoms with Crippen LogP contribution in [0.15, 0.2) is 12.5 Å². The van der Waals surface area contributed by atoms with Crippen LogP contribution >= 0.6 is 0 Å². The fourth-order valence-electron chi connectivity index (χ4n) is 2.66. The predicted octanol–water partition coefficient (Wildman–Crippen LogP) is 1.57. The molecule has 88 valence electrons. The number of carbonyl (C=O) groups is 1. The maximum absolute atomic E-state index is 10.9. The maximum Gasteiger partial charge on any atom is 0.168 e. The Labute approximate surface area is 96.3 Å². The SMILES string of the molecule is CN(C)C1(Cn2cncc2C=O)CCCC1. The van der Waals surface area contributed by atoms with E-state index in [0.717, 1.165) is 12.8 Å². The van der Waals surface area contributed by atoms with E-state index >= 15 is 0 Å². The maximum atomic E-state index is 10.9. The van der Waals surface area contributed by atoms with Crippen molar-refractivity contribution in [1.82, 2.24) is 14.5 Å². The first-order valence-corrected chi connectivity index (χ1v) is 5.81. The van der Waals surface area contributed by atoms with Crippen LogP contribution in [0.2, 0.25) is 0 Å². The van der Waals surface area contributed by atoms with Crippen molar-refractivity contribution in [3.05, 3.63) is 18.2 Å². The average Bonchev–Trinajstić information content (AvgIpc) is 2.88. The number of likely N-dealkylation sites (N-methyl/N-ethyl adjacent to an activating group) is 1. The molecule has 0 aliphatic heterocycles. The normalized spacial score (nSPS) is 19.2. The van der Waals surface area contributed by atoms with E-state index in [1.165, 1.54) is 25.7 Å². The second-order valence-corrected chi connectivity index (χ2v) is 4.89. The van der Waals surface area contributed by atoms with Gasteiger partial charge >= 0.3 is 0 Å². The van der Waals surface area contributed by atoms with Gasteiger partial charge in [0.05, 0.1) is 12.5 Å². The molecule has 1 fully saturated rings. The number of carbonyl (C=O) groups excluding carboxylic acids is 1. The highest BCUT2D eigenvalue weighted by molar-refractivity contribution is 5.71. The molecule has 1 aliphatic rings. The summed E-state index contributed by atoms with van der Waals surface area (Å²) in [7, 11) is 4.26.